The van der Waals surface area contributed by atoms with E-state index in [0.29, 0.717) is 29.5 Å². The molecule has 5 heteroatoms. The number of fused-ring (bicyclic) bond motifs is 1. The molecule has 2 aromatic rings. The minimum Gasteiger partial charge on any atom is -0.372 e. The van der Waals surface area contributed by atoms with E-state index in [1.165, 1.54) is 6.07 Å². The summed E-state index contributed by atoms with van der Waals surface area (Å²) < 4.78 is 19.2. The maximum absolute atomic E-state index is 13.9. The summed E-state index contributed by atoms with van der Waals surface area (Å²) in [5.41, 5.74) is 2.62. The van der Waals surface area contributed by atoms with Gasteiger partial charge in [0, 0.05) is 16.7 Å². The van der Waals surface area contributed by atoms with Gasteiger partial charge in [-0.3, -0.25) is 0 Å². The highest BCUT2D eigenvalue weighted by Gasteiger charge is 2.24. The molecule has 0 saturated heterocycles. The third-order valence-electron chi connectivity index (χ3n) is 2.95. The molecular formula is C13H8Cl2FNO. The molecule has 0 bridgehead atoms. The van der Waals surface area contributed by atoms with Crippen LogP contribution in [0.3, 0.4) is 0 Å². The average Bonchev–Trinajstić information content (AvgIpc) is 2.81. The zero-order chi connectivity index (χ0) is 12.7. The number of pyridine rings is 1. The molecule has 1 aliphatic rings. The Kier molecular flexibility index (Phi) is 2.98. The van der Waals surface area contributed by atoms with Crippen LogP contribution in [0.5, 0.6) is 0 Å². The van der Waals surface area contributed by atoms with Crippen molar-refractivity contribution >= 4 is 23.2 Å². The number of ether oxygens (including phenoxy) is 1. The van der Waals surface area contributed by atoms with Crippen LogP contribution >= 0.6 is 23.2 Å². The van der Waals surface area contributed by atoms with Crippen LogP contribution in [-0.2, 0) is 18.0 Å². The van der Waals surface area contributed by atoms with Gasteiger partial charge in [-0.1, -0.05) is 41.4 Å². The van der Waals surface area contributed by atoms with Crippen LogP contribution in [0, 0.1) is 5.82 Å². The van der Waals surface area contributed by atoms with Gasteiger partial charge in [-0.2, -0.15) is 0 Å². The van der Waals surface area contributed by atoms with E-state index in [-0.39, 0.29) is 11.0 Å². The van der Waals surface area contributed by atoms with Crippen molar-refractivity contribution in [2.45, 2.75) is 13.2 Å². The molecule has 0 fully saturated rings. The Hall–Kier alpha value is -1.16. The quantitative estimate of drug-likeness (QED) is 0.731. The van der Waals surface area contributed by atoms with E-state index in [1.807, 2.05) is 0 Å². The Bertz CT molecular complexity index is 631. The first-order valence-electron chi connectivity index (χ1n) is 5.38. The van der Waals surface area contributed by atoms with E-state index in [1.54, 1.807) is 18.2 Å². The Morgan fingerprint density at radius 1 is 1.06 bits per heavy atom. The van der Waals surface area contributed by atoms with Gasteiger partial charge in [-0.25, -0.2) is 9.37 Å². The third-order valence-corrected chi connectivity index (χ3v) is 3.54. The van der Waals surface area contributed by atoms with Crippen LogP contribution in [-0.4, -0.2) is 4.98 Å². The van der Waals surface area contributed by atoms with Crippen molar-refractivity contribution in [1.29, 1.82) is 0 Å². The van der Waals surface area contributed by atoms with Crippen molar-refractivity contribution in [3.05, 3.63) is 51.5 Å². The number of hydrogen-bond donors (Lipinski definition) is 0. The van der Waals surface area contributed by atoms with Crippen LogP contribution < -0.4 is 0 Å². The van der Waals surface area contributed by atoms with Gasteiger partial charge < -0.3 is 4.74 Å². The van der Waals surface area contributed by atoms with E-state index in [0.717, 1.165) is 11.1 Å². The molecule has 1 aromatic heterocycles. The second-order valence-corrected chi connectivity index (χ2v) is 4.71. The molecule has 92 valence electrons. The fourth-order valence-electron chi connectivity index (χ4n) is 2.11. The molecule has 0 radical (unpaired) electrons. The van der Waals surface area contributed by atoms with Crippen molar-refractivity contribution in [3.8, 4) is 11.1 Å². The lowest BCUT2D eigenvalue weighted by Crippen LogP contribution is -1.96. The SMILES string of the molecule is Fc1ccccc1-c1c(Cl)nc(Cl)c2c1COC2. The van der Waals surface area contributed by atoms with Gasteiger partial charge in [-0.05, 0) is 11.6 Å². The summed E-state index contributed by atoms with van der Waals surface area (Å²) >= 11 is 12.1. The highest BCUT2D eigenvalue weighted by atomic mass is 35.5. The summed E-state index contributed by atoms with van der Waals surface area (Å²) in [6, 6.07) is 6.45. The number of rotatable bonds is 1. The molecular weight excluding hydrogens is 276 g/mol. The Morgan fingerprint density at radius 3 is 2.56 bits per heavy atom. The minimum atomic E-state index is -0.336. The van der Waals surface area contributed by atoms with Gasteiger partial charge >= 0.3 is 0 Å². The van der Waals surface area contributed by atoms with Crippen LogP contribution in [0.4, 0.5) is 4.39 Å². The summed E-state index contributed by atoms with van der Waals surface area (Å²) in [5, 5.41) is 0.530. The summed E-state index contributed by atoms with van der Waals surface area (Å²) in [7, 11) is 0. The molecule has 2 nitrogen and oxygen atoms in total. The molecule has 1 aliphatic heterocycles. The molecule has 0 atom stereocenters. The van der Waals surface area contributed by atoms with Crippen molar-refractivity contribution in [2.24, 2.45) is 0 Å². The van der Waals surface area contributed by atoms with E-state index in [2.05, 4.69) is 4.98 Å². The van der Waals surface area contributed by atoms with Gasteiger partial charge in [-0.15, -0.1) is 0 Å². The largest absolute Gasteiger partial charge is 0.372 e. The number of halogens is 3. The predicted octanol–water partition coefficient (Wildman–Crippen LogP) is 4.22. The first-order chi connectivity index (χ1) is 8.68. The van der Waals surface area contributed by atoms with Crippen LogP contribution in [0.25, 0.3) is 11.1 Å². The number of benzene rings is 1. The molecule has 0 spiro atoms. The normalized spacial score (nSPS) is 13.7. The molecule has 18 heavy (non-hydrogen) atoms. The van der Waals surface area contributed by atoms with E-state index < -0.39 is 0 Å². The molecule has 0 amide bonds. The lowest BCUT2D eigenvalue weighted by molar-refractivity contribution is 0.134. The zero-order valence-electron chi connectivity index (χ0n) is 9.21. The standard InChI is InChI=1S/C13H8Cl2FNO/c14-12-9-6-18-5-8(9)11(13(15)17-12)7-3-1-2-4-10(7)16/h1-4H,5-6H2. The molecule has 0 aliphatic carbocycles. The molecule has 1 aromatic carbocycles. The predicted molar refractivity (Wildman–Crippen MR) is 68.1 cm³/mol. The van der Waals surface area contributed by atoms with Gasteiger partial charge in [0.25, 0.3) is 0 Å². The second kappa shape index (κ2) is 4.50. The lowest BCUT2D eigenvalue weighted by atomic mass is 9.99. The molecule has 0 N–H and O–H groups in total. The van der Waals surface area contributed by atoms with Crippen LogP contribution in [0.1, 0.15) is 11.1 Å². The number of aromatic nitrogens is 1. The fraction of sp³-hybridized carbons (Fsp3) is 0.154. The number of nitrogens with zero attached hydrogens (tertiary/aromatic N) is 1. The molecule has 2 heterocycles. The average molecular weight is 284 g/mol. The van der Waals surface area contributed by atoms with E-state index in [4.69, 9.17) is 27.9 Å². The fourth-order valence-corrected chi connectivity index (χ4v) is 2.70. The summed E-state index contributed by atoms with van der Waals surface area (Å²) in [6.45, 7) is 0.765. The Labute approximate surface area is 113 Å². The van der Waals surface area contributed by atoms with Gasteiger partial charge in [0.2, 0.25) is 0 Å². The first-order valence-corrected chi connectivity index (χ1v) is 6.13. The van der Waals surface area contributed by atoms with Crippen molar-refractivity contribution in [2.75, 3.05) is 0 Å². The van der Waals surface area contributed by atoms with Crippen molar-refractivity contribution < 1.29 is 9.13 Å². The molecule has 0 unspecified atom stereocenters. The smallest absolute Gasteiger partial charge is 0.139 e. The highest BCUT2D eigenvalue weighted by molar-refractivity contribution is 6.35. The Balaban J connectivity index is 2.31. The maximum Gasteiger partial charge on any atom is 0.139 e. The topological polar surface area (TPSA) is 22.1 Å². The van der Waals surface area contributed by atoms with Gasteiger partial charge in [0.1, 0.15) is 16.1 Å². The second-order valence-electron chi connectivity index (χ2n) is 4.00. The van der Waals surface area contributed by atoms with Crippen molar-refractivity contribution in [3.63, 3.8) is 0 Å². The minimum absolute atomic E-state index is 0.203. The Morgan fingerprint density at radius 2 is 1.78 bits per heavy atom. The molecule has 3 rings (SSSR count). The van der Waals surface area contributed by atoms with Gasteiger partial charge in [0.15, 0.2) is 0 Å². The third kappa shape index (κ3) is 1.79. The zero-order valence-corrected chi connectivity index (χ0v) is 10.7. The molecule has 0 saturated carbocycles. The number of hydrogen-bond acceptors (Lipinski definition) is 2. The first kappa shape index (κ1) is 11.9. The van der Waals surface area contributed by atoms with Gasteiger partial charge in [0.05, 0.1) is 13.2 Å². The summed E-state index contributed by atoms with van der Waals surface area (Å²) in [4.78, 5) is 4.05. The van der Waals surface area contributed by atoms with Crippen molar-refractivity contribution in [1.82, 2.24) is 4.98 Å². The van der Waals surface area contributed by atoms with E-state index >= 15 is 0 Å². The van der Waals surface area contributed by atoms with E-state index in [9.17, 15) is 4.39 Å². The lowest BCUT2D eigenvalue weighted by Gasteiger charge is -2.11. The van der Waals surface area contributed by atoms with Crippen LogP contribution in [0.15, 0.2) is 24.3 Å². The maximum atomic E-state index is 13.9. The summed E-state index contributed by atoms with van der Waals surface area (Å²) in [6.07, 6.45) is 0. The van der Waals surface area contributed by atoms with Crippen LogP contribution in [0.2, 0.25) is 10.3 Å². The highest BCUT2D eigenvalue weighted by Crippen LogP contribution is 2.39. The monoisotopic (exact) mass is 283 g/mol. The summed E-state index contributed by atoms with van der Waals surface area (Å²) in [5.74, 6) is -0.336.